The second kappa shape index (κ2) is 5.62. The summed E-state index contributed by atoms with van der Waals surface area (Å²) in [7, 11) is 0. The summed E-state index contributed by atoms with van der Waals surface area (Å²) in [5.41, 5.74) is 1.34. The van der Waals surface area contributed by atoms with Crippen molar-refractivity contribution < 1.29 is 13.9 Å². The average molecular weight is 285 g/mol. The van der Waals surface area contributed by atoms with Gasteiger partial charge in [0.15, 0.2) is 18.2 Å². The number of benzene rings is 2. The summed E-state index contributed by atoms with van der Waals surface area (Å²) in [5, 5.41) is 10.3. The number of carbonyl (C=O) groups is 1. The van der Waals surface area contributed by atoms with Crippen LogP contribution in [0.15, 0.2) is 48.7 Å². The Morgan fingerprint density at radius 1 is 1.24 bits per heavy atom. The normalized spacial score (nSPS) is 10.5. The highest BCUT2D eigenvalue weighted by atomic mass is 19.1. The van der Waals surface area contributed by atoms with Gasteiger partial charge in [-0.3, -0.25) is 9.89 Å². The number of anilines is 1. The van der Waals surface area contributed by atoms with Crippen LogP contribution in [-0.4, -0.2) is 22.7 Å². The third kappa shape index (κ3) is 2.84. The van der Waals surface area contributed by atoms with Crippen molar-refractivity contribution in [2.45, 2.75) is 0 Å². The van der Waals surface area contributed by atoms with E-state index in [2.05, 4.69) is 15.5 Å². The topological polar surface area (TPSA) is 67.0 Å². The van der Waals surface area contributed by atoms with Crippen LogP contribution in [0.2, 0.25) is 0 Å². The second-order valence-electron chi connectivity index (χ2n) is 4.41. The Labute approximate surface area is 119 Å². The van der Waals surface area contributed by atoms with Gasteiger partial charge < -0.3 is 10.1 Å². The second-order valence-corrected chi connectivity index (χ2v) is 4.41. The lowest BCUT2D eigenvalue weighted by atomic mass is 10.2. The molecule has 0 saturated heterocycles. The number of halogens is 1. The number of H-pyrrole nitrogens is 1. The molecule has 1 heterocycles. The minimum Gasteiger partial charge on any atom is -0.481 e. The standard InChI is InChI=1S/C15H12FN3O2/c16-11-5-1-2-7-13(11)21-9-14(20)18-12-6-3-4-10-8-17-19-15(10)12/h1-8H,9H2,(H,17,19)(H,18,20). The molecule has 0 unspecified atom stereocenters. The highest BCUT2D eigenvalue weighted by Gasteiger charge is 2.09. The van der Waals surface area contributed by atoms with E-state index >= 15 is 0 Å². The average Bonchev–Trinajstić information content (AvgIpc) is 2.96. The van der Waals surface area contributed by atoms with Crippen molar-refractivity contribution in [3.8, 4) is 5.75 Å². The molecule has 5 nitrogen and oxygen atoms in total. The van der Waals surface area contributed by atoms with Gasteiger partial charge in [-0.15, -0.1) is 0 Å². The molecule has 0 spiro atoms. The molecule has 0 aliphatic heterocycles. The van der Waals surface area contributed by atoms with Gasteiger partial charge in [-0.25, -0.2) is 4.39 Å². The van der Waals surface area contributed by atoms with Gasteiger partial charge in [0.25, 0.3) is 5.91 Å². The maximum atomic E-state index is 13.4. The largest absolute Gasteiger partial charge is 0.481 e. The molecule has 21 heavy (non-hydrogen) atoms. The molecule has 2 N–H and O–H groups in total. The van der Waals surface area contributed by atoms with Crippen LogP contribution in [0.5, 0.6) is 5.75 Å². The van der Waals surface area contributed by atoms with Crippen LogP contribution in [0.1, 0.15) is 0 Å². The highest BCUT2D eigenvalue weighted by molar-refractivity contribution is 6.00. The van der Waals surface area contributed by atoms with Crippen LogP contribution in [-0.2, 0) is 4.79 Å². The number of rotatable bonds is 4. The fraction of sp³-hybridized carbons (Fsp3) is 0.0667. The Kier molecular flexibility index (Phi) is 3.51. The van der Waals surface area contributed by atoms with Crippen LogP contribution in [0.4, 0.5) is 10.1 Å². The molecule has 0 aliphatic rings. The Balaban J connectivity index is 1.67. The molecule has 0 atom stereocenters. The summed E-state index contributed by atoms with van der Waals surface area (Å²) in [4.78, 5) is 11.9. The summed E-state index contributed by atoms with van der Waals surface area (Å²) in [6, 6.07) is 11.4. The summed E-state index contributed by atoms with van der Waals surface area (Å²) >= 11 is 0. The van der Waals surface area contributed by atoms with Gasteiger partial charge in [0.1, 0.15) is 0 Å². The van der Waals surface area contributed by atoms with E-state index in [4.69, 9.17) is 4.74 Å². The number of hydrogen-bond donors (Lipinski definition) is 2. The number of nitrogens with one attached hydrogen (secondary N) is 2. The SMILES string of the molecule is O=C(COc1ccccc1F)Nc1cccc2cn[nH]c12. The van der Waals surface area contributed by atoms with E-state index in [9.17, 15) is 9.18 Å². The van der Waals surface area contributed by atoms with Gasteiger partial charge in [-0.05, 0) is 18.2 Å². The number of nitrogens with zero attached hydrogens (tertiary/aromatic N) is 1. The van der Waals surface area contributed by atoms with Crippen LogP contribution in [0.25, 0.3) is 10.9 Å². The lowest BCUT2D eigenvalue weighted by Crippen LogP contribution is -2.20. The summed E-state index contributed by atoms with van der Waals surface area (Å²) < 4.78 is 18.5. The Morgan fingerprint density at radius 3 is 2.95 bits per heavy atom. The van der Waals surface area contributed by atoms with E-state index < -0.39 is 5.82 Å². The molecular weight excluding hydrogens is 273 g/mol. The quantitative estimate of drug-likeness (QED) is 0.774. The fourth-order valence-corrected chi connectivity index (χ4v) is 1.96. The van der Waals surface area contributed by atoms with Crippen molar-refractivity contribution >= 4 is 22.5 Å². The van der Waals surface area contributed by atoms with Gasteiger partial charge in [-0.1, -0.05) is 24.3 Å². The predicted molar refractivity (Wildman–Crippen MR) is 76.6 cm³/mol. The van der Waals surface area contributed by atoms with E-state index in [1.54, 1.807) is 24.4 Å². The van der Waals surface area contributed by atoms with E-state index in [0.717, 1.165) is 10.9 Å². The fourth-order valence-electron chi connectivity index (χ4n) is 1.96. The summed E-state index contributed by atoms with van der Waals surface area (Å²) in [6.07, 6.45) is 1.67. The molecule has 3 rings (SSSR count). The first-order chi connectivity index (χ1) is 10.2. The predicted octanol–water partition coefficient (Wildman–Crippen LogP) is 2.72. The molecule has 0 aliphatic carbocycles. The number of carbonyl (C=O) groups excluding carboxylic acids is 1. The van der Waals surface area contributed by atoms with Crippen molar-refractivity contribution in [2.75, 3.05) is 11.9 Å². The summed E-state index contributed by atoms with van der Waals surface area (Å²) in [6.45, 7) is -0.272. The number of para-hydroxylation sites is 2. The number of aromatic amines is 1. The number of amides is 1. The minimum atomic E-state index is -0.499. The van der Waals surface area contributed by atoms with Crippen molar-refractivity contribution in [1.82, 2.24) is 10.2 Å². The first-order valence-corrected chi connectivity index (χ1v) is 6.33. The molecule has 0 radical (unpaired) electrons. The molecule has 1 aromatic heterocycles. The van der Waals surface area contributed by atoms with Crippen LogP contribution >= 0.6 is 0 Å². The van der Waals surface area contributed by atoms with Gasteiger partial charge in [-0.2, -0.15) is 5.10 Å². The number of aromatic nitrogens is 2. The Bertz CT molecular complexity index is 785. The molecule has 0 saturated carbocycles. The van der Waals surface area contributed by atoms with Crippen LogP contribution in [0, 0.1) is 5.82 Å². The smallest absolute Gasteiger partial charge is 0.262 e. The molecule has 0 bridgehead atoms. The third-order valence-corrected chi connectivity index (χ3v) is 2.95. The molecule has 106 valence electrons. The van der Waals surface area contributed by atoms with Crippen molar-refractivity contribution in [3.63, 3.8) is 0 Å². The monoisotopic (exact) mass is 285 g/mol. The van der Waals surface area contributed by atoms with Gasteiger partial charge in [0.05, 0.1) is 17.4 Å². The van der Waals surface area contributed by atoms with Gasteiger partial charge in [0, 0.05) is 5.39 Å². The summed E-state index contributed by atoms with van der Waals surface area (Å²) in [5.74, 6) is -0.825. The molecule has 0 fully saturated rings. The van der Waals surface area contributed by atoms with Crippen molar-refractivity contribution in [2.24, 2.45) is 0 Å². The molecule has 6 heteroatoms. The Morgan fingerprint density at radius 2 is 2.10 bits per heavy atom. The van der Waals surface area contributed by atoms with Crippen LogP contribution < -0.4 is 10.1 Å². The zero-order valence-electron chi connectivity index (χ0n) is 11.0. The molecule has 2 aromatic carbocycles. The van der Waals surface area contributed by atoms with E-state index in [1.165, 1.54) is 12.1 Å². The maximum absolute atomic E-state index is 13.4. The first kappa shape index (κ1) is 13.1. The Hall–Kier alpha value is -2.89. The van der Waals surface area contributed by atoms with E-state index in [-0.39, 0.29) is 18.3 Å². The lowest BCUT2D eigenvalue weighted by molar-refractivity contribution is -0.118. The van der Waals surface area contributed by atoms with Gasteiger partial charge >= 0.3 is 0 Å². The van der Waals surface area contributed by atoms with E-state index in [0.29, 0.717) is 5.69 Å². The first-order valence-electron chi connectivity index (χ1n) is 6.33. The zero-order chi connectivity index (χ0) is 14.7. The number of fused-ring (bicyclic) bond motifs is 1. The molecular formula is C15H12FN3O2. The van der Waals surface area contributed by atoms with E-state index in [1.807, 2.05) is 12.1 Å². The zero-order valence-corrected chi connectivity index (χ0v) is 11.0. The van der Waals surface area contributed by atoms with Crippen LogP contribution in [0.3, 0.4) is 0 Å². The van der Waals surface area contributed by atoms with Crippen molar-refractivity contribution in [3.05, 3.63) is 54.5 Å². The molecule has 3 aromatic rings. The van der Waals surface area contributed by atoms with Gasteiger partial charge in [0.2, 0.25) is 0 Å². The number of ether oxygens (including phenoxy) is 1. The number of hydrogen-bond acceptors (Lipinski definition) is 3. The van der Waals surface area contributed by atoms with Crippen molar-refractivity contribution in [1.29, 1.82) is 0 Å². The minimum absolute atomic E-state index is 0.0485. The molecule has 1 amide bonds. The maximum Gasteiger partial charge on any atom is 0.262 e. The highest BCUT2D eigenvalue weighted by Crippen LogP contribution is 2.20. The lowest BCUT2D eigenvalue weighted by Gasteiger charge is -2.08. The third-order valence-electron chi connectivity index (χ3n) is 2.95.